The van der Waals surface area contributed by atoms with E-state index in [1.165, 1.54) is 36.0 Å². The van der Waals surface area contributed by atoms with Crippen LogP contribution in [0, 0.1) is 17.8 Å². The van der Waals surface area contributed by atoms with Gasteiger partial charge in [0, 0.05) is 12.3 Å². The number of aromatic hydroxyl groups is 1. The molecule has 3 rings (SSSR count). The number of esters is 1. The average Bonchev–Trinajstić information content (AvgIpc) is 2.92. The zero-order valence-corrected chi connectivity index (χ0v) is 16.9. The molecule has 0 radical (unpaired) electrons. The predicted octanol–water partition coefficient (Wildman–Crippen LogP) is 5.27. The summed E-state index contributed by atoms with van der Waals surface area (Å²) in [6.45, 7) is 8.83. The molecule has 0 heterocycles. The van der Waals surface area contributed by atoms with Crippen molar-refractivity contribution in [3.63, 3.8) is 0 Å². The molecule has 146 valence electrons. The number of fused-ring (bicyclic) bond motifs is 1. The van der Waals surface area contributed by atoms with Crippen molar-refractivity contribution in [3.05, 3.63) is 46.6 Å². The summed E-state index contributed by atoms with van der Waals surface area (Å²) in [4.78, 5) is 12.8. The first-order valence-electron chi connectivity index (χ1n) is 9.75. The number of methoxy groups -OCH3 is 1. The topological polar surface area (TPSA) is 55.8 Å². The molecule has 0 aliphatic heterocycles. The van der Waals surface area contributed by atoms with Crippen molar-refractivity contribution in [1.82, 2.24) is 0 Å². The van der Waals surface area contributed by atoms with Gasteiger partial charge in [0.05, 0.1) is 12.7 Å². The minimum atomic E-state index is -0.360. The number of hydrogen-bond acceptors (Lipinski definition) is 4. The Morgan fingerprint density at radius 1 is 1.26 bits per heavy atom. The van der Waals surface area contributed by atoms with E-state index >= 15 is 0 Å². The standard InChI is InChI=1S/C23H30O4/c1-13(2)18-12-19-14(3)6-8-17(19)15(4)10-21(18)27-23(25)16-7-9-20(24)22(11-16)26-5/h6-7,9,11,13,18-19,21,24H,8,10,12H2,1-5H3. The zero-order valence-electron chi connectivity index (χ0n) is 16.9. The monoisotopic (exact) mass is 370 g/mol. The van der Waals surface area contributed by atoms with Gasteiger partial charge < -0.3 is 14.6 Å². The summed E-state index contributed by atoms with van der Waals surface area (Å²) in [6.07, 6.45) is 5.06. The molecule has 1 aromatic rings. The summed E-state index contributed by atoms with van der Waals surface area (Å²) >= 11 is 0. The van der Waals surface area contributed by atoms with E-state index in [1.807, 2.05) is 0 Å². The molecule has 3 unspecified atom stereocenters. The van der Waals surface area contributed by atoms with Crippen molar-refractivity contribution < 1.29 is 19.4 Å². The number of carbonyl (C=O) groups is 1. The van der Waals surface area contributed by atoms with Gasteiger partial charge in [0.15, 0.2) is 11.5 Å². The molecule has 0 saturated heterocycles. The van der Waals surface area contributed by atoms with Crippen LogP contribution in [0.1, 0.15) is 57.3 Å². The highest BCUT2D eigenvalue weighted by atomic mass is 16.5. The van der Waals surface area contributed by atoms with Crippen LogP contribution in [0.15, 0.2) is 41.0 Å². The van der Waals surface area contributed by atoms with Crippen LogP contribution in [0.2, 0.25) is 0 Å². The molecular formula is C23H30O4. The fourth-order valence-corrected chi connectivity index (χ4v) is 4.48. The summed E-state index contributed by atoms with van der Waals surface area (Å²) in [5.74, 6) is 1.17. The molecule has 1 aromatic carbocycles. The molecule has 0 fully saturated rings. The second-order valence-corrected chi connectivity index (χ2v) is 8.19. The molecule has 0 spiro atoms. The Morgan fingerprint density at radius 2 is 2.00 bits per heavy atom. The highest BCUT2D eigenvalue weighted by Crippen LogP contribution is 2.45. The van der Waals surface area contributed by atoms with E-state index in [-0.39, 0.29) is 23.6 Å². The number of benzene rings is 1. The molecule has 0 saturated carbocycles. The fourth-order valence-electron chi connectivity index (χ4n) is 4.48. The van der Waals surface area contributed by atoms with Crippen molar-refractivity contribution >= 4 is 5.97 Å². The molecule has 27 heavy (non-hydrogen) atoms. The van der Waals surface area contributed by atoms with Crippen molar-refractivity contribution in [2.24, 2.45) is 17.8 Å². The Kier molecular flexibility index (Phi) is 5.64. The van der Waals surface area contributed by atoms with Gasteiger partial charge in [-0.3, -0.25) is 0 Å². The van der Waals surface area contributed by atoms with E-state index in [9.17, 15) is 9.90 Å². The highest BCUT2D eigenvalue weighted by Gasteiger charge is 2.37. The lowest BCUT2D eigenvalue weighted by molar-refractivity contribution is 0.00458. The number of phenols is 1. The summed E-state index contributed by atoms with van der Waals surface area (Å²) < 4.78 is 11.1. The van der Waals surface area contributed by atoms with Gasteiger partial charge in [-0.05, 0) is 56.7 Å². The fraction of sp³-hybridized carbons (Fsp3) is 0.522. The van der Waals surface area contributed by atoms with Gasteiger partial charge >= 0.3 is 5.97 Å². The first-order chi connectivity index (χ1) is 12.8. The quantitative estimate of drug-likeness (QED) is 0.579. The van der Waals surface area contributed by atoms with Gasteiger partial charge in [-0.2, -0.15) is 0 Å². The Hall–Kier alpha value is -2.23. The number of hydrogen-bond donors (Lipinski definition) is 1. The minimum absolute atomic E-state index is 0.0132. The Labute approximate surface area is 161 Å². The van der Waals surface area contributed by atoms with Gasteiger partial charge in [-0.1, -0.05) is 36.6 Å². The van der Waals surface area contributed by atoms with E-state index in [0.29, 0.717) is 23.3 Å². The van der Waals surface area contributed by atoms with E-state index < -0.39 is 0 Å². The summed E-state index contributed by atoms with van der Waals surface area (Å²) in [7, 11) is 1.47. The molecule has 3 atom stereocenters. The van der Waals surface area contributed by atoms with Gasteiger partial charge in [0.25, 0.3) is 0 Å². The maximum Gasteiger partial charge on any atom is 0.338 e. The maximum atomic E-state index is 12.8. The number of allylic oxidation sites excluding steroid dienone is 3. The first-order valence-corrected chi connectivity index (χ1v) is 9.75. The van der Waals surface area contributed by atoms with Crippen LogP contribution < -0.4 is 4.74 Å². The summed E-state index contributed by atoms with van der Waals surface area (Å²) in [6, 6.07) is 4.58. The minimum Gasteiger partial charge on any atom is -0.504 e. The third kappa shape index (κ3) is 3.90. The van der Waals surface area contributed by atoms with E-state index in [4.69, 9.17) is 9.47 Å². The lowest BCUT2D eigenvalue weighted by Crippen LogP contribution is -2.31. The molecule has 2 aliphatic rings. The van der Waals surface area contributed by atoms with E-state index in [0.717, 1.165) is 19.3 Å². The van der Waals surface area contributed by atoms with Crippen LogP contribution in [0.5, 0.6) is 11.5 Å². The molecule has 0 amide bonds. The molecule has 4 heteroatoms. The smallest absolute Gasteiger partial charge is 0.338 e. The van der Waals surface area contributed by atoms with Crippen LogP contribution in [0.3, 0.4) is 0 Å². The largest absolute Gasteiger partial charge is 0.504 e. The lowest BCUT2D eigenvalue weighted by Gasteiger charge is -2.30. The normalized spacial score (nSPS) is 25.1. The Bertz CT molecular complexity index is 788. The maximum absolute atomic E-state index is 12.8. The van der Waals surface area contributed by atoms with Crippen LogP contribution in [-0.2, 0) is 4.74 Å². The van der Waals surface area contributed by atoms with Crippen molar-refractivity contribution in [2.75, 3.05) is 7.11 Å². The van der Waals surface area contributed by atoms with Gasteiger partial charge in [-0.15, -0.1) is 0 Å². The number of rotatable bonds is 4. The van der Waals surface area contributed by atoms with E-state index in [2.05, 4.69) is 33.8 Å². The number of phenolic OH excluding ortho intramolecular Hbond substituents is 1. The van der Waals surface area contributed by atoms with Crippen LogP contribution >= 0.6 is 0 Å². The molecule has 1 N–H and O–H groups in total. The predicted molar refractivity (Wildman–Crippen MR) is 106 cm³/mol. The Morgan fingerprint density at radius 3 is 2.67 bits per heavy atom. The second-order valence-electron chi connectivity index (χ2n) is 8.19. The lowest BCUT2D eigenvalue weighted by atomic mass is 9.81. The van der Waals surface area contributed by atoms with Crippen molar-refractivity contribution in [2.45, 2.75) is 53.1 Å². The zero-order chi connectivity index (χ0) is 19.7. The second kappa shape index (κ2) is 7.79. The summed E-state index contributed by atoms with van der Waals surface area (Å²) in [5.41, 5.74) is 4.73. The molecule has 4 nitrogen and oxygen atoms in total. The van der Waals surface area contributed by atoms with Crippen LogP contribution in [0.4, 0.5) is 0 Å². The highest BCUT2D eigenvalue weighted by molar-refractivity contribution is 5.90. The number of ether oxygens (including phenoxy) is 2. The Balaban J connectivity index is 1.84. The first kappa shape index (κ1) is 19.5. The molecule has 2 aliphatic carbocycles. The summed E-state index contributed by atoms with van der Waals surface area (Å²) in [5, 5.41) is 9.75. The molecule has 0 bridgehead atoms. The van der Waals surface area contributed by atoms with Crippen molar-refractivity contribution in [1.29, 1.82) is 0 Å². The number of carbonyl (C=O) groups excluding carboxylic acids is 1. The molecule has 0 aromatic heterocycles. The van der Waals surface area contributed by atoms with Gasteiger partial charge in [-0.25, -0.2) is 4.79 Å². The van der Waals surface area contributed by atoms with Crippen molar-refractivity contribution in [3.8, 4) is 11.5 Å². The van der Waals surface area contributed by atoms with Crippen LogP contribution in [0.25, 0.3) is 0 Å². The van der Waals surface area contributed by atoms with E-state index in [1.54, 1.807) is 6.07 Å². The SMILES string of the molecule is COc1cc(C(=O)OC2CC(C)=C3CC=C(C)C3CC2C(C)C)ccc1O. The average molecular weight is 370 g/mol. The third-order valence-corrected chi connectivity index (χ3v) is 6.19. The van der Waals surface area contributed by atoms with Gasteiger partial charge in [0.2, 0.25) is 0 Å². The van der Waals surface area contributed by atoms with Crippen LogP contribution in [-0.4, -0.2) is 24.3 Å². The third-order valence-electron chi connectivity index (χ3n) is 6.19. The van der Waals surface area contributed by atoms with Gasteiger partial charge in [0.1, 0.15) is 6.10 Å². The molecular weight excluding hydrogens is 340 g/mol.